The topological polar surface area (TPSA) is 93.6 Å². The normalized spacial score (nSPS) is 14.0. The van der Waals surface area contributed by atoms with E-state index in [1.807, 2.05) is 18.2 Å². The van der Waals surface area contributed by atoms with E-state index in [9.17, 15) is 13.2 Å². The first kappa shape index (κ1) is 18.4. The lowest BCUT2D eigenvalue weighted by molar-refractivity contribution is 0.0957. The summed E-state index contributed by atoms with van der Waals surface area (Å²) in [6.07, 6.45) is 2.79. The molecule has 1 aromatic heterocycles. The van der Waals surface area contributed by atoms with E-state index >= 15 is 0 Å². The van der Waals surface area contributed by atoms with Gasteiger partial charge in [-0.15, -0.1) is 12.4 Å². The number of nitrogens with two attached hydrogens (primary N) is 1. The van der Waals surface area contributed by atoms with Crippen LogP contribution in [-0.4, -0.2) is 27.1 Å². The van der Waals surface area contributed by atoms with Gasteiger partial charge in [-0.1, -0.05) is 6.07 Å². The summed E-state index contributed by atoms with van der Waals surface area (Å²) in [5.41, 5.74) is 8.43. The summed E-state index contributed by atoms with van der Waals surface area (Å²) in [5.74, 6) is -0.0972. The summed E-state index contributed by atoms with van der Waals surface area (Å²) in [5, 5.41) is 0. The average Bonchev–Trinajstić information content (AvgIpc) is 2.93. The van der Waals surface area contributed by atoms with E-state index < -0.39 is 9.84 Å². The van der Waals surface area contributed by atoms with Crippen molar-refractivity contribution < 1.29 is 17.6 Å². The molecule has 0 bridgehead atoms. The van der Waals surface area contributed by atoms with Gasteiger partial charge in [0.15, 0.2) is 15.6 Å². The lowest BCUT2D eigenvalue weighted by atomic mass is 9.99. The number of anilines is 2. The molecule has 8 heteroatoms. The molecule has 1 aliphatic rings. The van der Waals surface area contributed by atoms with Gasteiger partial charge in [-0.3, -0.25) is 4.79 Å². The first-order valence-electron chi connectivity index (χ1n) is 7.31. The first-order valence-corrected chi connectivity index (χ1v) is 9.37. The van der Waals surface area contributed by atoms with Gasteiger partial charge in [0.05, 0.1) is 0 Å². The van der Waals surface area contributed by atoms with Gasteiger partial charge in [0, 0.05) is 24.2 Å². The second-order valence-corrected chi connectivity index (χ2v) is 7.88. The molecule has 2 N–H and O–H groups in total. The Morgan fingerprint density at radius 2 is 2.04 bits per heavy atom. The Bertz CT molecular complexity index is 861. The molecular weight excluding hydrogens is 352 g/mol. The summed E-state index contributed by atoms with van der Waals surface area (Å²) in [4.78, 5) is 14.3. The number of fused-ring (bicyclic) bond motifs is 1. The molecule has 1 amide bonds. The third-order valence-corrected chi connectivity index (χ3v) is 4.62. The molecule has 0 saturated heterocycles. The van der Waals surface area contributed by atoms with Crippen molar-refractivity contribution in [2.75, 3.05) is 23.4 Å². The van der Waals surface area contributed by atoms with Crippen LogP contribution >= 0.6 is 12.4 Å². The highest BCUT2D eigenvalue weighted by atomic mass is 35.5. The summed E-state index contributed by atoms with van der Waals surface area (Å²) in [6.45, 7) is 0.581. The number of nitrogens with zero attached hydrogens (tertiary/aromatic N) is 1. The number of hydrogen-bond donors (Lipinski definition) is 1. The Labute approximate surface area is 147 Å². The van der Waals surface area contributed by atoms with Crippen molar-refractivity contribution in [1.82, 2.24) is 0 Å². The van der Waals surface area contributed by atoms with Crippen LogP contribution in [0.2, 0.25) is 0 Å². The van der Waals surface area contributed by atoms with E-state index in [1.165, 1.54) is 12.1 Å². The zero-order chi connectivity index (χ0) is 16.6. The molecule has 2 aromatic rings. The van der Waals surface area contributed by atoms with Gasteiger partial charge in [0.2, 0.25) is 0 Å². The van der Waals surface area contributed by atoms with E-state index in [0.29, 0.717) is 12.2 Å². The molecule has 0 saturated carbocycles. The zero-order valence-electron chi connectivity index (χ0n) is 13.2. The van der Waals surface area contributed by atoms with Gasteiger partial charge in [-0.2, -0.15) is 0 Å². The molecule has 1 aromatic carbocycles. The van der Waals surface area contributed by atoms with Crippen molar-refractivity contribution in [3.05, 3.63) is 47.4 Å². The van der Waals surface area contributed by atoms with Crippen LogP contribution in [0.3, 0.4) is 0 Å². The number of hydrogen-bond acceptors (Lipinski definition) is 5. The number of rotatable bonds is 3. The molecule has 0 spiro atoms. The number of nitrogen functional groups attached to an aromatic ring is 1. The monoisotopic (exact) mass is 370 g/mol. The maximum absolute atomic E-state index is 12.7. The van der Waals surface area contributed by atoms with Gasteiger partial charge < -0.3 is 15.1 Å². The van der Waals surface area contributed by atoms with E-state index in [2.05, 4.69) is 0 Å². The Morgan fingerprint density at radius 1 is 1.29 bits per heavy atom. The summed E-state index contributed by atoms with van der Waals surface area (Å²) < 4.78 is 28.0. The molecule has 1 aliphatic heterocycles. The molecule has 2 heterocycles. The van der Waals surface area contributed by atoms with Crippen molar-refractivity contribution in [2.45, 2.75) is 18.6 Å². The van der Waals surface area contributed by atoms with E-state index in [-0.39, 0.29) is 35.6 Å². The molecule has 6 nitrogen and oxygen atoms in total. The Balaban J connectivity index is 0.00000208. The fourth-order valence-corrected chi connectivity index (χ4v) is 3.50. The standard InChI is InChI=1S/C16H18N2O4S.ClH/c1-23(20,21)10-11-7-8-15(22-11)16(19)18-9-3-4-12-13(17)5-2-6-14(12)18;/h2,5-8H,3-4,9-10,17H2,1H3;1H. The van der Waals surface area contributed by atoms with Gasteiger partial charge in [0.1, 0.15) is 11.5 Å². The fourth-order valence-electron chi connectivity index (χ4n) is 2.82. The third-order valence-electron chi connectivity index (χ3n) is 3.81. The molecule has 3 rings (SSSR count). The predicted molar refractivity (Wildman–Crippen MR) is 95.4 cm³/mol. The van der Waals surface area contributed by atoms with Crippen LogP contribution in [0, 0.1) is 0 Å². The SMILES string of the molecule is CS(=O)(=O)Cc1ccc(C(=O)N2CCCc3c(N)cccc32)o1.Cl. The fraction of sp³-hybridized carbons (Fsp3) is 0.312. The van der Waals surface area contributed by atoms with Gasteiger partial charge >= 0.3 is 0 Å². The lowest BCUT2D eigenvalue weighted by Gasteiger charge is -2.29. The Kier molecular flexibility index (Phi) is 5.25. The molecule has 0 unspecified atom stereocenters. The first-order chi connectivity index (χ1) is 10.8. The molecule has 0 aliphatic carbocycles. The smallest absolute Gasteiger partial charge is 0.293 e. The molecule has 24 heavy (non-hydrogen) atoms. The predicted octanol–water partition coefficient (Wildman–Crippen LogP) is 2.42. The Hall–Kier alpha value is -1.99. The highest BCUT2D eigenvalue weighted by Gasteiger charge is 2.26. The van der Waals surface area contributed by atoms with Crippen LogP contribution in [-0.2, 0) is 22.0 Å². The summed E-state index contributed by atoms with van der Waals surface area (Å²) in [6, 6.07) is 8.55. The molecule has 0 fully saturated rings. The van der Waals surface area contributed by atoms with Crippen molar-refractivity contribution in [2.24, 2.45) is 0 Å². The second kappa shape index (κ2) is 6.86. The van der Waals surface area contributed by atoms with Crippen LogP contribution in [0.4, 0.5) is 11.4 Å². The van der Waals surface area contributed by atoms with Crippen molar-refractivity contribution in [3.63, 3.8) is 0 Å². The molecule has 0 radical (unpaired) electrons. The summed E-state index contributed by atoms with van der Waals surface area (Å²) in [7, 11) is -3.20. The number of sulfone groups is 1. The number of amides is 1. The van der Waals surface area contributed by atoms with Crippen LogP contribution in [0.25, 0.3) is 0 Å². The maximum atomic E-state index is 12.7. The van der Waals surface area contributed by atoms with Crippen LogP contribution < -0.4 is 10.6 Å². The zero-order valence-corrected chi connectivity index (χ0v) is 14.8. The number of halogens is 1. The van der Waals surface area contributed by atoms with E-state index in [0.717, 1.165) is 30.3 Å². The minimum absolute atomic E-state index is 0. The van der Waals surface area contributed by atoms with Gasteiger partial charge in [0.25, 0.3) is 5.91 Å². The third kappa shape index (κ3) is 3.73. The molecular formula is C16H19ClN2O4S. The Morgan fingerprint density at radius 3 is 2.75 bits per heavy atom. The lowest BCUT2D eigenvalue weighted by Crippen LogP contribution is -2.35. The number of benzene rings is 1. The van der Waals surface area contributed by atoms with Crippen molar-refractivity contribution in [3.8, 4) is 0 Å². The highest BCUT2D eigenvalue weighted by Crippen LogP contribution is 2.32. The van der Waals surface area contributed by atoms with Crippen molar-refractivity contribution >= 4 is 39.5 Å². The number of furan rings is 1. The summed E-state index contributed by atoms with van der Waals surface area (Å²) >= 11 is 0. The average molecular weight is 371 g/mol. The molecule has 0 atom stereocenters. The quantitative estimate of drug-likeness (QED) is 0.837. The van der Waals surface area contributed by atoms with Crippen LogP contribution in [0.15, 0.2) is 34.7 Å². The van der Waals surface area contributed by atoms with E-state index in [4.69, 9.17) is 10.2 Å². The van der Waals surface area contributed by atoms with E-state index in [1.54, 1.807) is 4.90 Å². The minimum Gasteiger partial charge on any atom is -0.455 e. The second-order valence-electron chi connectivity index (χ2n) is 5.74. The highest BCUT2D eigenvalue weighted by molar-refractivity contribution is 7.89. The van der Waals surface area contributed by atoms with Crippen LogP contribution in [0.5, 0.6) is 0 Å². The van der Waals surface area contributed by atoms with Gasteiger partial charge in [-0.25, -0.2) is 8.42 Å². The van der Waals surface area contributed by atoms with Gasteiger partial charge in [-0.05, 0) is 42.7 Å². The minimum atomic E-state index is -3.20. The van der Waals surface area contributed by atoms with Crippen LogP contribution in [0.1, 0.15) is 28.3 Å². The molecule has 130 valence electrons. The van der Waals surface area contributed by atoms with Crippen molar-refractivity contribution in [1.29, 1.82) is 0 Å². The largest absolute Gasteiger partial charge is 0.455 e. The maximum Gasteiger partial charge on any atom is 0.293 e. The number of carbonyl (C=O) groups is 1. The number of carbonyl (C=O) groups excluding carboxylic acids is 1.